The van der Waals surface area contributed by atoms with Crippen LogP contribution in [0.5, 0.6) is 11.5 Å². The first-order chi connectivity index (χ1) is 13.1. The Labute approximate surface area is 168 Å². The van der Waals surface area contributed by atoms with Gasteiger partial charge in [0.25, 0.3) is 5.91 Å². The van der Waals surface area contributed by atoms with Gasteiger partial charge in [-0.05, 0) is 55.0 Å². The van der Waals surface area contributed by atoms with Crippen molar-refractivity contribution in [3.63, 3.8) is 0 Å². The highest BCUT2D eigenvalue weighted by atomic mass is 32.2. The van der Waals surface area contributed by atoms with Crippen molar-refractivity contribution in [1.82, 2.24) is 0 Å². The largest absolute Gasteiger partial charge is 0.494 e. The molecule has 0 radical (unpaired) electrons. The Bertz CT molecular complexity index is 891. The summed E-state index contributed by atoms with van der Waals surface area (Å²) in [5.41, 5.74) is 1.61. The van der Waals surface area contributed by atoms with Gasteiger partial charge in [-0.3, -0.25) is 9.69 Å². The number of hydrogen-bond acceptors (Lipinski definition) is 5. The summed E-state index contributed by atoms with van der Waals surface area (Å²) in [6.07, 6.45) is 3.52. The maximum atomic E-state index is 12.9. The van der Waals surface area contributed by atoms with E-state index in [0.717, 1.165) is 22.7 Å². The number of carbonyl (C=O) groups is 1. The van der Waals surface area contributed by atoms with Crippen LogP contribution >= 0.6 is 24.0 Å². The van der Waals surface area contributed by atoms with Crippen molar-refractivity contribution in [1.29, 1.82) is 0 Å². The Morgan fingerprint density at radius 3 is 2.63 bits per heavy atom. The Morgan fingerprint density at radius 1 is 1.15 bits per heavy atom. The van der Waals surface area contributed by atoms with Crippen LogP contribution in [-0.4, -0.2) is 23.4 Å². The molecule has 27 heavy (non-hydrogen) atoms. The molecule has 2 aromatic carbocycles. The molecule has 2 aromatic rings. The van der Waals surface area contributed by atoms with E-state index in [9.17, 15) is 4.79 Å². The molecule has 1 heterocycles. The SMILES string of the molecule is C=CCOc1cccc(/C=C2/SC(=S)N(c3ccc(OCC)cc3)C2=O)c1. The quantitative estimate of drug-likeness (QED) is 0.371. The van der Waals surface area contributed by atoms with Crippen LogP contribution in [-0.2, 0) is 4.79 Å². The number of thiocarbonyl (C=S) groups is 1. The first-order valence-corrected chi connectivity index (χ1v) is 9.69. The Morgan fingerprint density at radius 2 is 1.93 bits per heavy atom. The zero-order valence-corrected chi connectivity index (χ0v) is 16.5. The first kappa shape index (κ1) is 19.2. The Hall–Kier alpha value is -2.57. The van der Waals surface area contributed by atoms with Crippen molar-refractivity contribution in [2.75, 3.05) is 18.1 Å². The second-order valence-electron chi connectivity index (χ2n) is 5.62. The normalized spacial score (nSPS) is 15.3. The molecule has 1 aliphatic rings. The zero-order chi connectivity index (χ0) is 19.2. The van der Waals surface area contributed by atoms with Gasteiger partial charge in [-0.1, -0.05) is 48.8 Å². The summed E-state index contributed by atoms with van der Waals surface area (Å²) in [6.45, 7) is 6.60. The molecule has 1 fully saturated rings. The molecule has 0 spiro atoms. The zero-order valence-electron chi connectivity index (χ0n) is 14.9. The van der Waals surface area contributed by atoms with Gasteiger partial charge >= 0.3 is 0 Å². The van der Waals surface area contributed by atoms with Crippen molar-refractivity contribution >= 4 is 46.0 Å². The molecule has 138 valence electrons. The lowest BCUT2D eigenvalue weighted by molar-refractivity contribution is -0.113. The van der Waals surface area contributed by atoms with E-state index in [4.69, 9.17) is 21.7 Å². The third-order valence-electron chi connectivity index (χ3n) is 3.72. The molecule has 1 saturated heterocycles. The molecule has 0 unspecified atom stereocenters. The molecule has 0 atom stereocenters. The van der Waals surface area contributed by atoms with Crippen LogP contribution in [0.2, 0.25) is 0 Å². The monoisotopic (exact) mass is 397 g/mol. The van der Waals surface area contributed by atoms with Gasteiger partial charge in [-0.25, -0.2) is 0 Å². The highest BCUT2D eigenvalue weighted by Crippen LogP contribution is 2.36. The third kappa shape index (κ3) is 4.59. The standard InChI is InChI=1S/C21H19NO3S2/c1-3-12-25-18-7-5-6-15(13-18)14-19-20(23)22(21(26)27-19)16-8-10-17(11-9-16)24-4-2/h3,5-11,13-14H,1,4,12H2,2H3/b19-14+. The number of nitrogens with zero attached hydrogens (tertiary/aromatic N) is 1. The lowest BCUT2D eigenvalue weighted by atomic mass is 10.2. The molecule has 0 N–H and O–H groups in total. The van der Waals surface area contributed by atoms with E-state index in [1.54, 1.807) is 11.0 Å². The minimum atomic E-state index is -0.133. The minimum absolute atomic E-state index is 0.133. The number of ether oxygens (including phenoxy) is 2. The Kier molecular flexibility index (Phi) is 6.32. The number of anilines is 1. The summed E-state index contributed by atoms with van der Waals surface area (Å²) in [5.74, 6) is 1.36. The molecule has 1 aliphatic heterocycles. The van der Waals surface area contributed by atoms with Crippen molar-refractivity contribution in [3.8, 4) is 11.5 Å². The van der Waals surface area contributed by atoms with E-state index >= 15 is 0 Å². The third-order valence-corrected chi connectivity index (χ3v) is 5.03. The molecule has 3 rings (SSSR count). The lowest BCUT2D eigenvalue weighted by Gasteiger charge is -2.15. The maximum Gasteiger partial charge on any atom is 0.270 e. The molecule has 6 heteroatoms. The number of carbonyl (C=O) groups excluding carboxylic acids is 1. The molecule has 0 aromatic heterocycles. The molecule has 0 aliphatic carbocycles. The fourth-order valence-corrected chi connectivity index (χ4v) is 3.85. The van der Waals surface area contributed by atoms with Gasteiger partial charge in [0.15, 0.2) is 4.32 Å². The average molecular weight is 398 g/mol. The molecular weight excluding hydrogens is 378 g/mol. The molecule has 4 nitrogen and oxygen atoms in total. The van der Waals surface area contributed by atoms with Crippen LogP contribution in [0.1, 0.15) is 12.5 Å². The van der Waals surface area contributed by atoms with Crippen LogP contribution in [0, 0.1) is 0 Å². The summed E-state index contributed by atoms with van der Waals surface area (Å²) in [4.78, 5) is 15.0. The van der Waals surface area contributed by atoms with Crippen LogP contribution in [0.4, 0.5) is 5.69 Å². The van der Waals surface area contributed by atoms with Gasteiger partial charge in [0.05, 0.1) is 17.2 Å². The number of thioether (sulfide) groups is 1. The highest BCUT2D eigenvalue weighted by molar-refractivity contribution is 8.27. The van der Waals surface area contributed by atoms with Crippen LogP contribution in [0.3, 0.4) is 0 Å². The van der Waals surface area contributed by atoms with E-state index < -0.39 is 0 Å². The summed E-state index contributed by atoms with van der Waals surface area (Å²) in [7, 11) is 0. The second-order valence-corrected chi connectivity index (χ2v) is 7.29. The van der Waals surface area contributed by atoms with E-state index in [1.807, 2.05) is 61.5 Å². The number of hydrogen-bond donors (Lipinski definition) is 0. The smallest absolute Gasteiger partial charge is 0.270 e. The molecule has 0 bridgehead atoms. The van der Waals surface area contributed by atoms with E-state index in [2.05, 4.69) is 6.58 Å². The molecular formula is C21H19NO3S2. The maximum absolute atomic E-state index is 12.9. The number of rotatable bonds is 7. The van der Waals surface area contributed by atoms with Crippen LogP contribution < -0.4 is 14.4 Å². The molecule has 1 amide bonds. The van der Waals surface area contributed by atoms with Gasteiger partial charge in [-0.2, -0.15) is 0 Å². The average Bonchev–Trinajstić information content (AvgIpc) is 2.95. The topological polar surface area (TPSA) is 38.8 Å². The predicted octanol–water partition coefficient (Wildman–Crippen LogP) is 5.06. The fourth-order valence-electron chi connectivity index (χ4n) is 2.55. The minimum Gasteiger partial charge on any atom is -0.494 e. The fraction of sp³-hybridized carbons (Fsp3) is 0.143. The molecule has 0 saturated carbocycles. The van der Waals surface area contributed by atoms with Gasteiger partial charge in [0.2, 0.25) is 0 Å². The number of amides is 1. The number of benzene rings is 2. The van der Waals surface area contributed by atoms with Crippen molar-refractivity contribution in [2.45, 2.75) is 6.92 Å². The van der Waals surface area contributed by atoms with Crippen LogP contribution in [0.25, 0.3) is 6.08 Å². The van der Waals surface area contributed by atoms with E-state index in [1.165, 1.54) is 11.8 Å². The van der Waals surface area contributed by atoms with Crippen molar-refractivity contribution in [2.24, 2.45) is 0 Å². The summed E-state index contributed by atoms with van der Waals surface area (Å²) < 4.78 is 11.5. The lowest BCUT2D eigenvalue weighted by Crippen LogP contribution is -2.27. The Balaban J connectivity index is 1.81. The van der Waals surface area contributed by atoms with E-state index in [-0.39, 0.29) is 5.91 Å². The van der Waals surface area contributed by atoms with Crippen molar-refractivity contribution < 1.29 is 14.3 Å². The highest BCUT2D eigenvalue weighted by Gasteiger charge is 2.33. The predicted molar refractivity (Wildman–Crippen MR) is 115 cm³/mol. The van der Waals surface area contributed by atoms with E-state index in [0.29, 0.717) is 22.4 Å². The van der Waals surface area contributed by atoms with Crippen LogP contribution in [0.15, 0.2) is 66.1 Å². The van der Waals surface area contributed by atoms with Gasteiger partial charge in [0.1, 0.15) is 18.1 Å². The van der Waals surface area contributed by atoms with Gasteiger partial charge in [0, 0.05) is 0 Å². The first-order valence-electron chi connectivity index (χ1n) is 8.47. The summed E-state index contributed by atoms with van der Waals surface area (Å²) in [6, 6.07) is 14.9. The van der Waals surface area contributed by atoms with Gasteiger partial charge in [-0.15, -0.1) is 0 Å². The second kappa shape index (κ2) is 8.88. The van der Waals surface area contributed by atoms with Gasteiger partial charge < -0.3 is 9.47 Å². The summed E-state index contributed by atoms with van der Waals surface area (Å²) in [5, 5.41) is 0. The summed E-state index contributed by atoms with van der Waals surface area (Å²) >= 11 is 6.71. The van der Waals surface area contributed by atoms with Crippen molar-refractivity contribution in [3.05, 3.63) is 71.7 Å².